The Hall–Kier alpha value is -1.57. The van der Waals surface area contributed by atoms with Gasteiger partial charge < -0.3 is 15.1 Å². The highest BCUT2D eigenvalue weighted by molar-refractivity contribution is 14.0. The lowest BCUT2D eigenvalue weighted by Gasteiger charge is -2.12. The largest absolute Gasteiger partial charge is 0.469 e. The quantitative estimate of drug-likeness (QED) is 0.271. The highest BCUT2D eigenvalue weighted by Gasteiger charge is 2.01. The molecule has 0 aliphatic heterocycles. The Morgan fingerprint density at radius 1 is 1.12 bits per heavy atom. The summed E-state index contributed by atoms with van der Waals surface area (Å²) in [5.41, 5.74) is 1.09. The van der Waals surface area contributed by atoms with Gasteiger partial charge in [0.15, 0.2) is 5.96 Å². The minimum absolute atomic E-state index is 0. The maximum atomic E-state index is 5.34. The number of guanidine groups is 1. The van der Waals surface area contributed by atoms with Gasteiger partial charge in [0.1, 0.15) is 5.76 Å². The lowest BCUT2D eigenvalue weighted by Crippen LogP contribution is -2.39. The molecule has 0 aliphatic rings. The molecule has 0 saturated heterocycles. The summed E-state index contributed by atoms with van der Waals surface area (Å²) in [6.45, 7) is 4.63. The standard InChI is InChI=1S/C18H26N4O.HI/c1-2-3-11-20-18(22-14-10-17-8-6-15-23-17)21-13-9-16-7-4-5-12-19-16;/h4-8,12,15H,2-3,9-11,13-14H2,1H3,(H2,20,21,22);1H. The van der Waals surface area contributed by atoms with Gasteiger partial charge >= 0.3 is 0 Å². The molecule has 0 aliphatic carbocycles. The maximum absolute atomic E-state index is 5.34. The van der Waals surface area contributed by atoms with Gasteiger partial charge in [0.25, 0.3) is 0 Å². The number of aliphatic imine (C=N–C) groups is 1. The third-order valence-corrected chi connectivity index (χ3v) is 3.43. The van der Waals surface area contributed by atoms with E-state index in [2.05, 4.69) is 27.5 Å². The first-order chi connectivity index (χ1) is 11.4. The fourth-order valence-electron chi connectivity index (χ4n) is 2.14. The number of aromatic nitrogens is 1. The summed E-state index contributed by atoms with van der Waals surface area (Å²) in [4.78, 5) is 8.94. The highest BCUT2D eigenvalue weighted by Crippen LogP contribution is 1.99. The van der Waals surface area contributed by atoms with Gasteiger partial charge in [0.2, 0.25) is 0 Å². The van der Waals surface area contributed by atoms with E-state index >= 15 is 0 Å². The number of nitrogens with zero attached hydrogens (tertiary/aromatic N) is 2. The Labute approximate surface area is 161 Å². The number of hydrogen-bond donors (Lipinski definition) is 2. The lowest BCUT2D eigenvalue weighted by atomic mass is 10.3. The van der Waals surface area contributed by atoms with Gasteiger partial charge in [-0.05, 0) is 30.7 Å². The Morgan fingerprint density at radius 3 is 2.62 bits per heavy atom. The maximum Gasteiger partial charge on any atom is 0.191 e. The van der Waals surface area contributed by atoms with Crippen LogP contribution in [0.3, 0.4) is 0 Å². The molecule has 0 radical (unpaired) electrons. The molecule has 6 heteroatoms. The van der Waals surface area contributed by atoms with Crippen LogP contribution in [0.25, 0.3) is 0 Å². The van der Waals surface area contributed by atoms with Gasteiger partial charge in [-0.1, -0.05) is 19.4 Å². The number of halogens is 1. The van der Waals surface area contributed by atoms with Crippen LogP contribution in [0.4, 0.5) is 0 Å². The molecule has 132 valence electrons. The predicted octanol–water partition coefficient (Wildman–Crippen LogP) is 3.41. The van der Waals surface area contributed by atoms with Crippen molar-refractivity contribution in [2.75, 3.05) is 19.6 Å². The number of furan rings is 1. The van der Waals surface area contributed by atoms with Crippen molar-refractivity contribution in [1.29, 1.82) is 0 Å². The molecule has 2 rings (SSSR count). The molecule has 24 heavy (non-hydrogen) atoms. The fourth-order valence-corrected chi connectivity index (χ4v) is 2.14. The fraction of sp³-hybridized carbons (Fsp3) is 0.444. The third-order valence-electron chi connectivity index (χ3n) is 3.43. The van der Waals surface area contributed by atoms with Crippen LogP contribution in [-0.4, -0.2) is 30.6 Å². The molecule has 2 N–H and O–H groups in total. The predicted molar refractivity (Wildman–Crippen MR) is 109 cm³/mol. The molecule has 5 nitrogen and oxygen atoms in total. The first-order valence-corrected chi connectivity index (χ1v) is 8.33. The van der Waals surface area contributed by atoms with Crippen LogP contribution in [-0.2, 0) is 12.8 Å². The van der Waals surface area contributed by atoms with Crippen molar-refractivity contribution in [2.45, 2.75) is 32.6 Å². The van der Waals surface area contributed by atoms with E-state index in [1.54, 1.807) is 6.26 Å². The summed E-state index contributed by atoms with van der Waals surface area (Å²) < 4.78 is 5.34. The van der Waals surface area contributed by atoms with Crippen molar-refractivity contribution < 1.29 is 4.42 Å². The highest BCUT2D eigenvalue weighted by atomic mass is 127. The average molecular weight is 442 g/mol. The number of hydrogen-bond acceptors (Lipinski definition) is 3. The zero-order valence-corrected chi connectivity index (χ0v) is 16.5. The molecule has 2 heterocycles. The van der Waals surface area contributed by atoms with Crippen molar-refractivity contribution >= 4 is 29.9 Å². The van der Waals surface area contributed by atoms with Gasteiger partial charge in [-0.15, -0.1) is 24.0 Å². The van der Waals surface area contributed by atoms with Crippen LogP contribution < -0.4 is 10.6 Å². The van der Waals surface area contributed by atoms with E-state index in [1.165, 1.54) is 0 Å². The van der Waals surface area contributed by atoms with E-state index in [0.29, 0.717) is 0 Å². The summed E-state index contributed by atoms with van der Waals surface area (Å²) >= 11 is 0. The molecule has 2 aromatic heterocycles. The summed E-state index contributed by atoms with van der Waals surface area (Å²) in [5.74, 6) is 1.85. The van der Waals surface area contributed by atoms with Gasteiger partial charge in [-0.3, -0.25) is 9.98 Å². The van der Waals surface area contributed by atoms with E-state index in [0.717, 1.165) is 62.7 Å². The van der Waals surface area contributed by atoms with Crippen LogP contribution in [0.15, 0.2) is 52.2 Å². The molecular formula is C18H27IN4O. The van der Waals surface area contributed by atoms with Crippen LogP contribution in [0, 0.1) is 0 Å². The molecule has 0 aromatic carbocycles. The number of rotatable bonds is 9. The topological polar surface area (TPSA) is 62.5 Å². The van der Waals surface area contributed by atoms with Crippen LogP contribution in [0.1, 0.15) is 31.2 Å². The summed E-state index contributed by atoms with van der Waals surface area (Å²) in [7, 11) is 0. The first-order valence-electron chi connectivity index (χ1n) is 8.33. The Bertz CT molecular complexity index is 558. The molecule has 0 unspecified atom stereocenters. The van der Waals surface area contributed by atoms with Gasteiger partial charge in [-0.25, -0.2) is 0 Å². The minimum atomic E-state index is 0. The first kappa shape index (κ1) is 20.5. The Morgan fingerprint density at radius 2 is 1.96 bits per heavy atom. The number of pyridine rings is 1. The van der Waals surface area contributed by atoms with Crippen LogP contribution in [0.5, 0.6) is 0 Å². The molecule has 0 amide bonds. The molecule has 0 fully saturated rings. The van der Waals surface area contributed by atoms with Gasteiger partial charge in [-0.2, -0.15) is 0 Å². The molecule has 0 spiro atoms. The number of unbranched alkanes of at least 4 members (excludes halogenated alkanes) is 1. The lowest BCUT2D eigenvalue weighted by molar-refractivity contribution is 0.506. The number of nitrogens with one attached hydrogen (secondary N) is 2. The molecule has 0 bridgehead atoms. The summed E-state index contributed by atoms with van der Waals surface area (Å²) in [6, 6.07) is 9.89. The van der Waals surface area contributed by atoms with E-state index in [9.17, 15) is 0 Å². The van der Waals surface area contributed by atoms with Crippen molar-refractivity contribution in [3.63, 3.8) is 0 Å². The van der Waals surface area contributed by atoms with Crippen molar-refractivity contribution in [2.24, 2.45) is 4.99 Å². The zero-order valence-electron chi connectivity index (χ0n) is 14.2. The molecule has 0 saturated carbocycles. The van der Waals surface area contributed by atoms with E-state index in [4.69, 9.17) is 4.42 Å². The minimum Gasteiger partial charge on any atom is -0.469 e. The van der Waals surface area contributed by atoms with Crippen molar-refractivity contribution in [3.8, 4) is 0 Å². The van der Waals surface area contributed by atoms with E-state index < -0.39 is 0 Å². The second-order valence-electron chi connectivity index (χ2n) is 5.34. The van der Waals surface area contributed by atoms with Gasteiger partial charge in [0, 0.05) is 44.4 Å². The smallest absolute Gasteiger partial charge is 0.191 e. The Balaban J connectivity index is 0.00000288. The van der Waals surface area contributed by atoms with Gasteiger partial charge in [0.05, 0.1) is 6.26 Å². The molecular weight excluding hydrogens is 415 g/mol. The monoisotopic (exact) mass is 442 g/mol. The van der Waals surface area contributed by atoms with E-state index in [-0.39, 0.29) is 24.0 Å². The van der Waals surface area contributed by atoms with E-state index in [1.807, 2.05) is 36.5 Å². The summed E-state index contributed by atoms with van der Waals surface area (Å²) in [6.07, 6.45) is 7.52. The second kappa shape index (κ2) is 12.8. The Kier molecular flexibility index (Phi) is 10.9. The molecule has 0 atom stereocenters. The average Bonchev–Trinajstić information content (AvgIpc) is 3.09. The SMILES string of the molecule is CCCCN=C(NCCc1ccccn1)NCCc1ccco1.I. The second-order valence-corrected chi connectivity index (χ2v) is 5.34. The normalized spacial score (nSPS) is 11.0. The van der Waals surface area contributed by atoms with Crippen LogP contribution in [0.2, 0.25) is 0 Å². The zero-order chi connectivity index (χ0) is 16.2. The van der Waals surface area contributed by atoms with Crippen molar-refractivity contribution in [3.05, 3.63) is 54.2 Å². The third kappa shape index (κ3) is 8.33. The van der Waals surface area contributed by atoms with Crippen molar-refractivity contribution in [1.82, 2.24) is 15.6 Å². The van der Waals surface area contributed by atoms with Crippen LogP contribution >= 0.6 is 24.0 Å². The summed E-state index contributed by atoms with van der Waals surface area (Å²) in [5, 5.41) is 6.74. The molecule has 2 aromatic rings.